The van der Waals surface area contributed by atoms with E-state index in [1.807, 2.05) is 31.2 Å². The van der Waals surface area contributed by atoms with Crippen molar-refractivity contribution < 1.29 is 22.7 Å². The van der Waals surface area contributed by atoms with Gasteiger partial charge in [-0.15, -0.1) is 0 Å². The van der Waals surface area contributed by atoms with E-state index in [1.165, 1.54) is 19.2 Å². The van der Waals surface area contributed by atoms with Crippen LogP contribution in [0.5, 0.6) is 0 Å². The number of hydrogen-bond acceptors (Lipinski definition) is 5. The fourth-order valence-corrected chi connectivity index (χ4v) is 3.41. The molecule has 0 saturated carbocycles. The fraction of sp³-hybridized carbons (Fsp3) is 0.263. The van der Waals surface area contributed by atoms with Crippen LogP contribution in [0.1, 0.15) is 21.5 Å². The first-order valence-corrected chi connectivity index (χ1v) is 10.0. The second-order valence-electron chi connectivity index (χ2n) is 5.98. The summed E-state index contributed by atoms with van der Waals surface area (Å²) in [7, 11) is -2.60. The van der Waals surface area contributed by atoms with Crippen LogP contribution in [0.25, 0.3) is 0 Å². The van der Waals surface area contributed by atoms with Crippen molar-refractivity contribution in [2.45, 2.75) is 13.5 Å². The molecular weight excluding hydrogens is 368 g/mol. The molecule has 0 heterocycles. The molecule has 0 aliphatic heterocycles. The summed E-state index contributed by atoms with van der Waals surface area (Å²) in [6.07, 6.45) is 0.982. The first-order valence-electron chi connectivity index (χ1n) is 8.20. The molecule has 27 heavy (non-hydrogen) atoms. The molecule has 0 fully saturated rings. The Hall–Kier alpha value is -2.87. The van der Waals surface area contributed by atoms with Crippen LogP contribution in [-0.4, -0.2) is 40.2 Å². The van der Waals surface area contributed by atoms with E-state index in [1.54, 1.807) is 12.1 Å². The third kappa shape index (κ3) is 5.30. The van der Waals surface area contributed by atoms with Crippen LogP contribution in [-0.2, 0) is 26.1 Å². The molecule has 0 spiro atoms. The Morgan fingerprint density at radius 3 is 2.33 bits per heavy atom. The number of ether oxygens (including phenoxy) is 1. The van der Waals surface area contributed by atoms with Gasteiger partial charge in [-0.05, 0) is 30.2 Å². The number of carbonyl (C=O) groups excluding carboxylic acids is 2. The molecule has 0 saturated heterocycles. The number of anilines is 1. The summed E-state index contributed by atoms with van der Waals surface area (Å²) in [5.41, 5.74) is 2.12. The van der Waals surface area contributed by atoms with Crippen molar-refractivity contribution in [3.05, 3.63) is 65.2 Å². The van der Waals surface area contributed by atoms with E-state index in [2.05, 4.69) is 5.32 Å². The molecule has 0 atom stereocenters. The van der Waals surface area contributed by atoms with Crippen molar-refractivity contribution in [1.82, 2.24) is 5.32 Å². The lowest BCUT2D eigenvalue weighted by Crippen LogP contribution is -2.40. The predicted molar refractivity (Wildman–Crippen MR) is 103 cm³/mol. The summed E-state index contributed by atoms with van der Waals surface area (Å²) >= 11 is 0. The maximum absolute atomic E-state index is 12.4. The number of sulfonamides is 1. The van der Waals surface area contributed by atoms with Crippen LogP contribution < -0.4 is 9.62 Å². The normalized spacial score (nSPS) is 10.9. The van der Waals surface area contributed by atoms with Gasteiger partial charge in [-0.3, -0.25) is 9.10 Å². The quantitative estimate of drug-likeness (QED) is 0.729. The van der Waals surface area contributed by atoms with Crippen molar-refractivity contribution in [3.63, 3.8) is 0 Å². The fourth-order valence-electron chi connectivity index (χ4n) is 2.54. The van der Waals surface area contributed by atoms with Crippen LogP contribution in [0.4, 0.5) is 5.69 Å². The molecule has 0 unspecified atom stereocenters. The molecule has 144 valence electrons. The van der Waals surface area contributed by atoms with Crippen molar-refractivity contribution in [2.24, 2.45) is 0 Å². The molecular formula is C19H22N2O5S. The smallest absolute Gasteiger partial charge is 0.340 e. The Labute approximate surface area is 159 Å². The zero-order chi connectivity index (χ0) is 20.0. The molecule has 1 N–H and O–H groups in total. The maximum Gasteiger partial charge on any atom is 0.340 e. The Morgan fingerprint density at radius 2 is 1.70 bits per heavy atom. The number of nitrogens with zero attached hydrogens (tertiary/aromatic N) is 1. The minimum absolute atomic E-state index is 0.0668. The zero-order valence-corrected chi connectivity index (χ0v) is 16.2. The highest BCUT2D eigenvalue weighted by molar-refractivity contribution is 7.92. The van der Waals surface area contributed by atoms with Crippen LogP contribution in [0, 0.1) is 6.92 Å². The number of para-hydroxylation sites is 1. The monoisotopic (exact) mass is 390 g/mol. The Bertz CT molecular complexity index is 941. The largest absolute Gasteiger partial charge is 0.465 e. The number of aryl methyl sites for hydroxylation is 1. The van der Waals surface area contributed by atoms with E-state index in [4.69, 9.17) is 4.74 Å². The summed E-state index contributed by atoms with van der Waals surface area (Å²) < 4.78 is 30.1. The van der Waals surface area contributed by atoms with E-state index in [9.17, 15) is 18.0 Å². The molecule has 0 aromatic heterocycles. The first kappa shape index (κ1) is 20.4. The minimum Gasteiger partial charge on any atom is -0.465 e. The van der Waals surface area contributed by atoms with Crippen LogP contribution in [0.15, 0.2) is 48.5 Å². The number of esters is 1. The highest BCUT2D eigenvalue weighted by Gasteiger charge is 2.25. The topological polar surface area (TPSA) is 92.8 Å². The van der Waals surface area contributed by atoms with E-state index in [-0.39, 0.29) is 17.8 Å². The molecule has 1 amide bonds. The minimum atomic E-state index is -3.80. The average molecular weight is 390 g/mol. The number of nitrogens with one attached hydrogen (secondary N) is 1. The number of carbonyl (C=O) groups is 2. The molecule has 2 aromatic rings. The number of amides is 1. The molecule has 8 heteroatoms. The molecule has 0 aliphatic carbocycles. The van der Waals surface area contributed by atoms with Gasteiger partial charge >= 0.3 is 5.97 Å². The molecule has 0 radical (unpaired) electrons. The van der Waals surface area contributed by atoms with Gasteiger partial charge in [-0.2, -0.15) is 0 Å². The van der Waals surface area contributed by atoms with Gasteiger partial charge in [-0.1, -0.05) is 36.4 Å². The Morgan fingerprint density at radius 1 is 1.07 bits per heavy atom. The van der Waals surface area contributed by atoms with Crippen molar-refractivity contribution in [1.29, 1.82) is 0 Å². The van der Waals surface area contributed by atoms with E-state index >= 15 is 0 Å². The second-order valence-corrected chi connectivity index (χ2v) is 7.89. The van der Waals surface area contributed by atoms with Crippen LogP contribution in [0.2, 0.25) is 0 Å². The summed E-state index contributed by atoms with van der Waals surface area (Å²) in [4.78, 5) is 24.3. The van der Waals surface area contributed by atoms with Gasteiger partial charge in [-0.25, -0.2) is 13.2 Å². The van der Waals surface area contributed by atoms with Gasteiger partial charge in [0.2, 0.25) is 15.9 Å². The van der Waals surface area contributed by atoms with Crippen molar-refractivity contribution in [3.8, 4) is 0 Å². The lowest BCUT2D eigenvalue weighted by Gasteiger charge is -2.23. The Kier molecular flexibility index (Phi) is 6.57. The van der Waals surface area contributed by atoms with Gasteiger partial charge in [0.25, 0.3) is 0 Å². The van der Waals surface area contributed by atoms with Crippen LogP contribution in [0.3, 0.4) is 0 Å². The summed E-state index contributed by atoms with van der Waals surface area (Å²) in [5.74, 6) is -1.16. The number of benzene rings is 2. The van der Waals surface area contributed by atoms with Gasteiger partial charge in [0.15, 0.2) is 0 Å². The average Bonchev–Trinajstić information content (AvgIpc) is 2.64. The van der Waals surface area contributed by atoms with Crippen LogP contribution >= 0.6 is 0 Å². The van der Waals surface area contributed by atoms with Gasteiger partial charge in [0.05, 0.1) is 24.6 Å². The SMILES string of the molecule is COC(=O)c1ccccc1N(CC(=O)NCc1ccccc1C)S(C)(=O)=O. The molecule has 0 aliphatic rings. The molecule has 2 aromatic carbocycles. The lowest BCUT2D eigenvalue weighted by molar-refractivity contribution is -0.119. The summed E-state index contributed by atoms with van der Waals surface area (Å²) in [6, 6.07) is 13.7. The first-order chi connectivity index (χ1) is 12.7. The van der Waals surface area contributed by atoms with Gasteiger partial charge < -0.3 is 10.1 Å². The van der Waals surface area contributed by atoms with Crippen molar-refractivity contribution >= 4 is 27.6 Å². The van der Waals surface area contributed by atoms with E-state index in [0.717, 1.165) is 21.7 Å². The number of hydrogen-bond donors (Lipinski definition) is 1. The zero-order valence-electron chi connectivity index (χ0n) is 15.4. The lowest BCUT2D eigenvalue weighted by atomic mass is 10.1. The Balaban J connectivity index is 2.23. The molecule has 0 bridgehead atoms. The predicted octanol–water partition coefficient (Wildman–Crippen LogP) is 1.86. The molecule has 7 nitrogen and oxygen atoms in total. The third-order valence-electron chi connectivity index (χ3n) is 4.00. The summed E-state index contributed by atoms with van der Waals surface area (Å²) in [5, 5.41) is 2.71. The second kappa shape index (κ2) is 8.68. The highest BCUT2D eigenvalue weighted by atomic mass is 32.2. The van der Waals surface area contributed by atoms with E-state index < -0.39 is 28.4 Å². The highest BCUT2D eigenvalue weighted by Crippen LogP contribution is 2.23. The maximum atomic E-state index is 12.4. The number of rotatable bonds is 7. The van der Waals surface area contributed by atoms with Crippen molar-refractivity contribution in [2.75, 3.05) is 24.2 Å². The molecule has 2 rings (SSSR count). The standard InChI is InChI=1S/C19H22N2O5S/c1-14-8-4-5-9-15(14)12-20-18(22)13-21(27(3,24)25)17-11-7-6-10-16(17)19(23)26-2/h4-11H,12-13H2,1-3H3,(H,20,22). The third-order valence-corrected chi connectivity index (χ3v) is 5.13. The summed E-state index contributed by atoms with van der Waals surface area (Å²) in [6.45, 7) is 1.76. The number of methoxy groups -OCH3 is 1. The van der Waals surface area contributed by atoms with E-state index in [0.29, 0.717) is 0 Å². The van der Waals surface area contributed by atoms with Gasteiger partial charge in [0, 0.05) is 6.54 Å². The van der Waals surface area contributed by atoms with Gasteiger partial charge in [0.1, 0.15) is 6.54 Å².